The molecule has 16 heteroatoms. The summed E-state index contributed by atoms with van der Waals surface area (Å²) in [6.07, 6.45) is -4.70. The highest BCUT2D eigenvalue weighted by Crippen LogP contribution is 2.38. The number of benzene rings is 3. The molecule has 0 unspecified atom stereocenters. The fourth-order valence-corrected chi connectivity index (χ4v) is 7.21. The maximum absolute atomic E-state index is 14.8. The van der Waals surface area contributed by atoms with E-state index in [1.807, 2.05) is 17.0 Å². The molecule has 54 heavy (non-hydrogen) atoms. The fraction of sp³-hybridized carbons (Fsp3) is 0.368. The van der Waals surface area contributed by atoms with Crippen molar-refractivity contribution in [1.82, 2.24) is 9.80 Å². The Balaban J connectivity index is 1.24. The zero-order valence-electron chi connectivity index (χ0n) is 28.9. The van der Waals surface area contributed by atoms with Crippen LogP contribution in [0, 0.1) is 5.82 Å². The largest absolute Gasteiger partial charge is 0.478 e. The van der Waals surface area contributed by atoms with Crippen molar-refractivity contribution in [3.63, 3.8) is 0 Å². The highest BCUT2D eigenvalue weighted by molar-refractivity contribution is 6.31. The lowest BCUT2D eigenvalue weighted by molar-refractivity contribution is -0.148. The van der Waals surface area contributed by atoms with E-state index in [0.717, 1.165) is 16.7 Å². The van der Waals surface area contributed by atoms with Crippen LogP contribution in [0.15, 0.2) is 71.9 Å². The number of carbonyl (C=O) groups is 3. The van der Waals surface area contributed by atoms with Gasteiger partial charge < -0.3 is 45.7 Å². The van der Waals surface area contributed by atoms with Gasteiger partial charge in [-0.1, -0.05) is 47.1 Å². The lowest BCUT2D eigenvalue weighted by atomic mass is 9.84. The Kier molecular flexibility index (Phi) is 12.1. The molecule has 0 radical (unpaired) electrons. The van der Waals surface area contributed by atoms with Crippen molar-refractivity contribution in [2.24, 2.45) is 5.16 Å². The van der Waals surface area contributed by atoms with Gasteiger partial charge in [0.15, 0.2) is 5.82 Å². The molecule has 0 saturated heterocycles. The summed E-state index contributed by atoms with van der Waals surface area (Å²) >= 11 is 5.97. The number of carboxylic acids is 1. The maximum atomic E-state index is 14.8. The number of aliphatic hydroxyl groups excluding tert-OH is 5. The molecular weight excluding hydrogens is 727 g/mol. The van der Waals surface area contributed by atoms with Gasteiger partial charge in [0, 0.05) is 43.9 Å². The molecule has 0 spiro atoms. The van der Waals surface area contributed by atoms with Gasteiger partial charge in [-0.25, -0.2) is 9.18 Å². The number of aliphatic hydroxyl groups is 5. The molecule has 3 aliphatic rings. The van der Waals surface area contributed by atoms with Gasteiger partial charge in [0.2, 0.25) is 6.10 Å². The third kappa shape index (κ3) is 8.17. The third-order valence-corrected chi connectivity index (χ3v) is 10.3. The summed E-state index contributed by atoms with van der Waals surface area (Å²) in [6, 6.07) is 14.4. The first kappa shape index (κ1) is 39.0. The molecule has 14 nitrogen and oxygen atoms in total. The second-order valence-electron chi connectivity index (χ2n) is 13.4. The number of carboxylic acid groups (broad SMARTS) is 1. The molecule has 7 N–H and O–H groups in total. The summed E-state index contributed by atoms with van der Waals surface area (Å²) in [4.78, 5) is 48.5. The van der Waals surface area contributed by atoms with Crippen molar-refractivity contribution in [2.45, 2.75) is 55.8 Å². The second-order valence-corrected chi connectivity index (χ2v) is 13.8. The molecule has 0 aromatic heterocycles. The highest BCUT2D eigenvalue weighted by Gasteiger charge is 2.42. The number of fused-ring (bicyclic) bond motifs is 1. The number of hydrogen-bond acceptors (Lipinski definition) is 11. The molecule has 3 aromatic rings. The monoisotopic (exact) mass is 766 g/mol. The summed E-state index contributed by atoms with van der Waals surface area (Å²) in [6.45, 7) is 0.221. The number of oxime groups is 1. The van der Waals surface area contributed by atoms with Gasteiger partial charge >= 0.3 is 5.97 Å². The van der Waals surface area contributed by atoms with Crippen molar-refractivity contribution >= 4 is 46.4 Å². The Hall–Kier alpha value is -4.74. The molecule has 3 aromatic carbocycles. The van der Waals surface area contributed by atoms with Gasteiger partial charge in [0.1, 0.15) is 24.4 Å². The predicted octanol–water partition coefficient (Wildman–Crippen LogP) is 1.96. The van der Waals surface area contributed by atoms with Gasteiger partial charge in [-0.15, -0.1) is 0 Å². The summed E-state index contributed by atoms with van der Waals surface area (Å²) in [7, 11) is 0. The summed E-state index contributed by atoms with van der Waals surface area (Å²) < 4.78 is 14.8. The van der Waals surface area contributed by atoms with Gasteiger partial charge in [0.05, 0.1) is 29.0 Å². The molecule has 6 atom stereocenters. The summed E-state index contributed by atoms with van der Waals surface area (Å²) in [5.74, 6) is -2.89. The standard InChI is InChI=1S/C38H40ClFN4O10/c39-27-6-2-5-26(32(27)40)28-17-31(54-42-28)37(51)44-16-13-24-23(20-11-14-43(15-12-20)18-29(46)34(48)35(49)30(47)19-45)3-1-4-25(24)33(44)36(50)41-22-9-7-21(8-10-22)38(52)53/h1-11,29-31,33-35,45-49H,12-19H2,(H,41,50)(H,52,53)/t29-,30+,31+,33-,34+,35+/m0/s1. The minimum Gasteiger partial charge on any atom is -0.478 e. The van der Waals surface area contributed by atoms with E-state index >= 15 is 0 Å². The Labute approximate surface area is 314 Å². The number of nitrogens with one attached hydrogen (secondary N) is 1. The van der Waals surface area contributed by atoms with Crippen LogP contribution in [0.4, 0.5) is 10.1 Å². The average Bonchev–Trinajstić information content (AvgIpc) is 3.67. The van der Waals surface area contributed by atoms with E-state index in [-0.39, 0.29) is 41.4 Å². The smallest absolute Gasteiger partial charge is 0.335 e. The van der Waals surface area contributed by atoms with Crippen molar-refractivity contribution < 1.29 is 54.3 Å². The first-order valence-electron chi connectivity index (χ1n) is 17.4. The molecule has 0 bridgehead atoms. The summed E-state index contributed by atoms with van der Waals surface area (Å²) in [5.41, 5.74) is 3.93. The maximum Gasteiger partial charge on any atom is 0.335 e. The van der Waals surface area contributed by atoms with Crippen molar-refractivity contribution in [3.8, 4) is 0 Å². The van der Waals surface area contributed by atoms with E-state index in [4.69, 9.17) is 21.5 Å². The van der Waals surface area contributed by atoms with Crippen LogP contribution in [-0.4, -0.2) is 127 Å². The number of rotatable bonds is 12. The molecule has 2 amide bonds. The molecule has 0 fully saturated rings. The lowest BCUT2D eigenvalue weighted by Gasteiger charge is -2.38. The quantitative estimate of drug-likeness (QED) is 0.142. The van der Waals surface area contributed by atoms with E-state index in [2.05, 4.69) is 10.5 Å². The number of anilines is 1. The normalized spacial score (nSPS) is 20.8. The molecule has 6 rings (SSSR count). The Morgan fingerprint density at radius 3 is 2.33 bits per heavy atom. The number of halogens is 2. The zero-order chi connectivity index (χ0) is 38.7. The molecule has 0 saturated carbocycles. The van der Waals surface area contributed by atoms with Crippen molar-refractivity contribution in [1.29, 1.82) is 0 Å². The van der Waals surface area contributed by atoms with Gasteiger partial charge in [0.25, 0.3) is 11.8 Å². The number of carbonyl (C=O) groups excluding carboxylic acids is 2. The Bertz CT molecular complexity index is 1960. The SMILES string of the molecule is O=C(O)c1ccc(NC(=O)[C@@H]2c3cccc(C4=CCN(C[C@H](O)[C@@H](O)[C@H](O)[C@H](O)CO)CC4)c3CCN2C(=O)[C@H]2CC(c3cccc(Cl)c3F)=NO2)cc1. The van der Waals surface area contributed by atoms with Crippen LogP contribution in [0.3, 0.4) is 0 Å². The van der Waals surface area contributed by atoms with E-state index in [1.54, 1.807) is 18.2 Å². The Morgan fingerprint density at radius 1 is 0.944 bits per heavy atom. The first-order chi connectivity index (χ1) is 25.9. The van der Waals surface area contributed by atoms with Crippen molar-refractivity contribution in [3.05, 3.63) is 105 Å². The minimum absolute atomic E-state index is 0.00156. The summed E-state index contributed by atoms with van der Waals surface area (Å²) in [5, 5.41) is 65.5. The second kappa shape index (κ2) is 16.7. The fourth-order valence-electron chi connectivity index (χ4n) is 7.03. The number of β-amino-alcohol motifs (C(OH)–C–C–N with tert-alkyl or cyclic N) is 1. The van der Waals surface area contributed by atoms with E-state index in [9.17, 15) is 44.3 Å². The number of aromatic carboxylic acids is 1. The number of amides is 2. The van der Waals surface area contributed by atoms with Gasteiger partial charge in [-0.05, 0) is 71.5 Å². The lowest BCUT2D eigenvalue weighted by Crippen LogP contribution is -2.50. The molecular formula is C38H40ClFN4O10. The van der Waals surface area contributed by atoms with Crippen LogP contribution in [0.5, 0.6) is 0 Å². The molecule has 3 heterocycles. The highest BCUT2D eigenvalue weighted by atomic mass is 35.5. The van der Waals surface area contributed by atoms with Crippen molar-refractivity contribution in [2.75, 3.05) is 38.1 Å². The van der Waals surface area contributed by atoms with Crippen LogP contribution < -0.4 is 5.32 Å². The Morgan fingerprint density at radius 2 is 1.65 bits per heavy atom. The van der Waals surface area contributed by atoms with Gasteiger partial charge in [-0.3, -0.25) is 14.5 Å². The van der Waals surface area contributed by atoms with E-state index in [0.29, 0.717) is 37.2 Å². The average molecular weight is 767 g/mol. The number of nitrogens with zero attached hydrogens (tertiary/aromatic N) is 3. The van der Waals surface area contributed by atoms with Crippen LogP contribution in [0.1, 0.15) is 51.5 Å². The van der Waals surface area contributed by atoms with E-state index in [1.165, 1.54) is 41.3 Å². The van der Waals surface area contributed by atoms with Gasteiger partial charge in [-0.2, -0.15) is 0 Å². The molecule has 0 aliphatic carbocycles. The first-order valence-corrected chi connectivity index (χ1v) is 17.7. The van der Waals surface area contributed by atoms with Crippen LogP contribution >= 0.6 is 11.6 Å². The molecule has 3 aliphatic heterocycles. The van der Waals surface area contributed by atoms with Crippen LogP contribution in [-0.2, 0) is 20.8 Å². The zero-order valence-corrected chi connectivity index (χ0v) is 29.6. The van der Waals surface area contributed by atoms with E-state index < -0.39 is 66.8 Å². The number of hydrogen-bond donors (Lipinski definition) is 7. The predicted molar refractivity (Wildman–Crippen MR) is 194 cm³/mol. The molecule has 286 valence electrons. The minimum atomic E-state index is -1.72. The third-order valence-electron chi connectivity index (χ3n) is 9.97. The van der Waals surface area contributed by atoms with Crippen LogP contribution in [0.25, 0.3) is 5.57 Å². The van der Waals surface area contributed by atoms with Crippen LogP contribution in [0.2, 0.25) is 5.02 Å². The topological polar surface area (TPSA) is 213 Å².